The predicted molar refractivity (Wildman–Crippen MR) is 84.6 cm³/mol. The van der Waals surface area contributed by atoms with Crippen molar-refractivity contribution in [2.45, 2.75) is 20.4 Å². The largest absolute Gasteiger partial charge is 0.492 e. The minimum absolute atomic E-state index is 0.251. The molecule has 0 fully saturated rings. The lowest BCUT2D eigenvalue weighted by molar-refractivity contribution is 0.251. The number of anilines is 1. The molecule has 5 heteroatoms. The van der Waals surface area contributed by atoms with Crippen LogP contribution in [0.2, 0.25) is 0 Å². The first-order valence-corrected chi connectivity index (χ1v) is 7.12. The van der Waals surface area contributed by atoms with Gasteiger partial charge in [0, 0.05) is 6.54 Å². The number of carbonyl (C=O) groups excluding carboxylic acids is 1. The lowest BCUT2D eigenvalue weighted by atomic mass is 10.1. The Labute approximate surface area is 129 Å². The SMILES string of the molecule is CCOc1ccccc1NC(=O)NCc1ccc(F)c(C)c1. The molecule has 2 amide bonds. The van der Waals surface area contributed by atoms with Gasteiger partial charge in [-0.25, -0.2) is 9.18 Å². The highest BCUT2D eigenvalue weighted by molar-refractivity contribution is 5.90. The van der Waals surface area contributed by atoms with E-state index in [0.29, 0.717) is 30.2 Å². The van der Waals surface area contributed by atoms with Gasteiger partial charge in [-0.15, -0.1) is 0 Å². The standard InChI is InChI=1S/C17H19FN2O2/c1-3-22-16-7-5-4-6-15(16)20-17(21)19-11-13-8-9-14(18)12(2)10-13/h4-10H,3,11H2,1-2H3,(H2,19,20,21). The van der Waals surface area contributed by atoms with Crippen molar-refractivity contribution in [1.82, 2.24) is 5.32 Å². The van der Waals surface area contributed by atoms with Gasteiger partial charge < -0.3 is 15.4 Å². The zero-order chi connectivity index (χ0) is 15.9. The summed E-state index contributed by atoms with van der Waals surface area (Å²) in [6.07, 6.45) is 0. The van der Waals surface area contributed by atoms with E-state index in [1.807, 2.05) is 19.1 Å². The number of para-hydroxylation sites is 2. The van der Waals surface area contributed by atoms with Crippen molar-refractivity contribution in [1.29, 1.82) is 0 Å². The second-order valence-corrected chi connectivity index (χ2v) is 4.82. The maximum Gasteiger partial charge on any atom is 0.319 e. The quantitative estimate of drug-likeness (QED) is 0.881. The Morgan fingerprint density at radius 2 is 2.00 bits per heavy atom. The monoisotopic (exact) mass is 302 g/mol. The molecule has 4 nitrogen and oxygen atoms in total. The van der Waals surface area contributed by atoms with Gasteiger partial charge in [-0.2, -0.15) is 0 Å². The fraction of sp³-hybridized carbons (Fsp3) is 0.235. The van der Waals surface area contributed by atoms with Crippen molar-refractivity contribution < 1.29 is 13.9 Å². The van der Waals surface area contributed by atoms with Crippen LogP contribution in [-0.4, -0.2) is 12.6 Å². The fourth-order valence-corrected chi connectivity index (χ4v) is 2.02. The van der Waals surface area contributed by atoms with Crippen molar-refractivity contribution >= 4 is 11.7 Å². The fourth-order valence-electron chi connectivity index (χ4n) is 2.02. The van der Waals surface area contributed by atoms with Gasteiger partial charge in [-0.1, -0.05) is 24.3 Å². The number of benzene rings is 2. The minimum atomic E-state index is -0.339. The third kappa shape index (κ3) is 4.22. The van der Waals surface area contributed by atoms with Crippen LogP contribution in [0.4, 0.5) is 14.9 Å². The molecule has 116 valence electrons. The second kappa shape index (κ2) is 7.45. The molecule has 0 unspecified atom stereocenters. The number of urea groups is 1. The topological polar surface area (TPSA) is 50.4 Å². The Kier molecular flexibility index (Phi) is 5.36. The zero-order valence-electron chi connectivity index (χ0n) is 12.7. The number of nitrogens with one attached hydrogen (secondary N) is 2. The normalized spacial score (nSPS) is 10.1. The highest BCUT2D eigenvalue weighted by atomic mass is 19.1. The van der Waals surface area contributed by atoms with Gasteiger partial charge in [0.25, 0.3) is 0 Å². The summed E-state index contributed by atoms with van der Waals surface area (Å²) in [5, 5.41) is 5.48. The molecule has 2 rings (SSSR count). The van der Waals surface area contributed by atoms with Crippen molar-refractivity contribution in [3.8, 4) is 5.75 Å². The van der Waals surface area contributed by atoms with Crippen molar-refractivity contribution in [3.05, 3.63) is 59.4 Å². The van der Waals surface area contributed by atoms with Crippen LogP contribution in [0.25, 0.3) is 0 Å². The average molecular weight is 302 g/mol. The predicted octanol–water partition coefficient (Wildman–Crippen LogP) is 3.85. The third-order valence-corrected chi connectivity index (χ3v) is 3.11. The maximum absolute atomic E-state index is 13.2. The Hall–Kier alpha value is -2.56. The minimum Gasteiger partial charge on any atom is -0.492 e. The average Bonchev–Trinajstić information content (AvgIpc) is 2.51. The Morgan fingerprint density at radius 3 is 2.73 bits per heavy atom. The summed E-state index contributed by atoms with van der Waals surface area (Å²) >= 11 is 0. The Bertz CT molecular complexity index is 659. The molecule has 0 radical (unpaired) electrons. The van der Waals surface area contributed by atoms with Crippen LogP contribution in [0, 0.1) is 12.7 Å². The van der Waals surface area contributed by atoms with Crippen molar-refractivity contribution in [2.75, 3.05) is 11.9 Å². The van der Waals surface area contributed by atoms with Gasteiger partial charge in [0.2, 0.25) is 0 Å². The number of aryl methyl sites for hydroxylation is 1. The molecule has 0 aromatic heterocycles. The van der Waals surface area contributed by atoms with E-state index in [1.165, 1.54) is 6.07 Å². The summed E-state index contributed by atoms with van der Waals surface area (Å²) in [6.45, 7) is 4.42. The summed E-state index contributed by atoms with van der Waals surface area (Å²) in [5.41, 5.74) is 2.01. The van der Waals surface area contributed by atoms with Crippen LogP contribution in [0.1, 0.15) is 18.1 Å². The van der Waals surface area contributed by atoms with Crippen molar-refractivity contribution in [2.24, 2.45) is 0 Å². The van der Waals surface area contributed by atoms with Crippen LogP contribution in [-0.2, 0) is 6.54 Å². The van der Waals surface area contributed by atoms with Crippen LogP contribution in [0.3, 0.4) is 0 Å². The molecular formula is C17H19FN2O2. The Morgan fingerprint density at radius 1 is 1.23 bits per heavy atom. The lowest BCUT2D eigenvalue weighted by Crippen LogP contribution is -2.28. The maximum atomic E-state index is 13.2. The molecule has 0 spiro atoms. The smallest absolute Gasteiger partial charge is 0.319 e. The van der Waals surface area contributed by atoms with E-state index < -0.39 is 0 Å². The summed E-state index contributed by atoms with van der Waals surface area (Å²) in [7, 11) is 0. The van der Waals surface area contributed by atoms with Gasteiger partial charge in [-0.05, 0) is 43.2 Å². The van der Waals surface area contributed by atoms with Crippen LogP contribution in [0.5, 0.6) is 5.75 Å². The molecule has 2 aromatic carbocycles. The molecule has 2 aromatic rings. The molecule has 0 atom stereocenters. The van der Waals surface area contributed by atoms with E-state index in [4.69, 9.17) is 4.74 Å². The van der Waals surface area contributed by atoms with E-state index in [9.17, 15) is 9.18 Å². The number of ether oxygens (including phenoxy) is 1. The molecular weight excluding hydrogens is 283 g/mol. The van der Waals surface area contributed by atoms with E-state index in [0.717, 1.165) is 5.56 Å². The van der Waals surface area contributed by atoms with Gasteiger partial charge in [0.1, 0.15) is 11.6 Å². The summed E-state index contributed by atoms with van der Waals surface area (Å²) < 4.78 is 18.6. The number of halogens is 1. The molecule has 0 aliphatic carbocycles. The molecule has 0 aliphatic heterocycles. The number of hydrogen-bond acceptors (Lipinski definition) is 2. The highest BCUT2D eigenvalue weighted by Crippen LogP contribution is 2.23. The van der Waals surface area contributed by atoms with E-state index in [2.05, 4.69) is 10.6 Å². The van der Waals surface area contributed by atoms with Gasteiger partial charge in [0.05, 0.1) is 12.3 Å². The molecule has 22 heavy (non-hydrogen) atoms. The third-order valence-electron chi connectivity index (χ3n) is 3.11. The lowest BCUT2D eigenvalue weighted by Gasteiger charge is -2.12. The molecule has 0 saturated heterocycles. The van der Waals surface area contributed by atoms with Gasteiger partial charge >= 0.3 is 6.03 Å². The number of carbonyl (C=O) groups is 1. The van der Waals surface area contributed by atoms with Crippen LogP contribution in [0.15, 0.2) is 42.5 Å². The number of amides is 2. The first kappa shape index (κ1) is 15.8. The van der Waals surface area contributed by atoms with Crippen LogP contribution < -0.4 is 15.4 Å². The summed E-state index contributed by atoms with van der Waals surface area (Å²) in [4.78, 5) is 11.9. The first-order valence-electron chi connectivity index (χ1n) is 7.12. The summed E-state index contributed by atoms with van der Waals surface area (Å²) in [6, 6.07) is 11.6. The molecule has 0 bridgehead atoms. The van der Waals surface area contributed by atoms with Gasteiger partial charge in [0.15, 0.2) is 0 Å². The van der Waals surface area contributed by atoms with E-state index >= 15 is 0 Å². The summed E-state index contributed by atoms with van der Waals surface area (Å²) in [5.74, 6) is 0.372. The molecule has 0 saturated carbocycles. The van der Waals surface area contributed by atoms with Crippen LogP contribution >= 0.6 is 0 Å². The molecule has 0 aliphatic rings. The molecule has 2 N–H and O–H groups in total. The number of hydrogen-bond donors (Lipinski definition) is 2. The second-order valence-electron chi connectivity index (χ2n) is 4.82. The van der Waals surface area contributed by atoms with E-state index in [1.54, 1.807) is 31.2 Å². The Balaban J connectivity index is 1.94. The van der Waals surface area contributed by atoms with Crippen molar-refractivity contribution in [3.63, 3.8) is 0 Å². The van der Waals surface area contributed by atoms with E-state index in [-0.39, 0.29) is 11.8 Å². The first-order chi connectivity index (χ1) is 10.6. The molecule has 0 heterocycles. The van der Waals surface area contributed by atoms with Gasteiger partial charge in [-0.3, -0.25) is 0 Å². The highest BCUT2D eigenvalue weighted by Gasteiger charge is 2.07. The number of rotatable bonds is 5. The zero-order valence-corrected chi connectivity index (χ0v) is 12.7.